The molecule has 0 bridgehead atoms. The van der Waals surface area contributed by atoms with E-state index < -0.39 is 53.5 Å². The molecule has 0 saturated heterocycles. The van der Waals surface area contributed by atoms with Crippen molar-refractivity contribution in [3.8, 4) is 16.9 Å². The number of alkyl halides is 3. The summed E-state index contributed by atoms with van der Waals surface area (Å²) in [5.74, 6) is -2.57. The van der Waals surface area contributed by atoms with Crippen molar-refractivity contribution in [3.05, 3.63) is 122 Å². The number of allylic oxidation sites excluding steroid dienone is 4. The fourth-order valence-corrected chi connectivity index (χ4v) is 5.89. The second-order valence-electron chi connectivity index (χ2n) is 11.3. The van der Waals surface area contributed by atoms with Crippen LogP contribution in [0, 0.1) is 12.7 Å². The molecule has 0 radical (unpaired) electrons. The number of carbonyl (C=O) groups excluding carboxylic acids is 2. The molecule has 1 aliphatic carbocycles. The van der Waals surface area contributed by atoms with Crippen LogP contribution in [0.5, 0.6) is 5.75 Å². The van der Waals surface area contributed by atoms with Gasteiger partial charge in [-0.05, 0) is 92.1 Å². The Morgan fingerprint density at radius 2 is 1.92 bits per heavy atom. The van der Waals surface area contributed by atoms with Crippen LogP contribution >= 0.6 is 11.6 Å². The zero-order chi connectivity index (χ0) is 35.3. The molecule has 7 nitrogen and oxygen atoms in total. The number of aromatic nitrogens is 1. The second-order valence-corrected chi connectivity index (χ2v) is 11.7. The molecule has 2 N–H and O–H groups in total. The van der Waals surface area contributed by atoms with Gasteiger partial charge in [-0.25, -0.2) is 4.39 Å². The van der Waals surface area contributed by atoms with E-state index in [4.69, 9.17) is 16.3 Å². The number of aryl methyl sites for hydroxylation is 1. The van der Waals surface area contributed by atoms with Gasteiger partial charge in [0.15, 0.2) is 0 Å². The molecule has 1 aliphatic rings. The van der Waals surface area contributed by atoms with Gasteiger partial charge in [-0.1, -0.05) is 42.5 Å². The predicted molar refractivity (Wildman–Crippen MR) is 175 cm³/mol. The minimum Gasteiger partial charge on any atom is -0.507 e. The molecule has 3 aromatic rings. The highest BCUT2D eigenvalue weighted by Gasteiger charge is 2.36. The third-order valence-corrected chi connectivity index (χ3v) is 8.35. The van der Waals surface area contributed by atoms with Crippen LogP contribution in [0.3, 0.4) is 0 Å². The molecule has 1 heterocycles. The summed E-state index contributed by atoms with van der Waals surface area (Å²) in [6, 6.07) is 6.01. The average molecular weight is 687 g/mol. The number of hydrogen-bond donors (Lipinski definition) is 2. The Morgan fingerprint density at radius 1 is 1.21 bits per heavy atom. The molecule has 0 aliphatic heterocycles. The van der Waals surface area contributed by atoms with Crippen LogP contribution in [-0.2, 0) is 20.5 Å². The number of phenols is 1. The number of amides is 1. The first-order valence-electron chi connectivity index (χ1n) is 15.2. The van der Waals surface area contributed by atoms with Gasteiger partial charge in [0.2, 0.25) is 5.91 Å². The number of rotatable bonds is 12. The standard InChI is InChI=1S/C36H35ClF4N2O5/c1-5-9-27(37)24(6-2)34(43-15-14-23(18-30(43)45)36(39,40)41)35(47)42-28(19-31(46)48-7-3)26-17-22(16-25(33(26)38)21-12-13-21)32-20(4)10-8-11-29(32)44/h5-6,8-11,14-18,21,28,34,44H,1,7,12-13,19H2,2-4H3,(H,42,47)/b24-6+,27-9+/t28-,34?/m0/s1. The van der Waals surface area contributed by atoms with E-state index in [1.54, 1.807) is 32.0 Å². The van der Waals surface area contributed by atoms with Gasteiger partial charge in [-0.2, -0.15) is 13.2 Å². The normalized spacial score (nSPS) is 15.1. The molecule has 48 heavy (non-hydrogen) atoms. The van der Waals surface area contributed by atoms with Gasteiger partial charge in [-0.3, -0.25) is 19.0 Å². The highest BCUT2D eigenvalue weighted by atomic mass is 35.5. The molecule has 12 heteroatoms. The van der Waals surface area contributed by atoms with E-state index in [1.807, 2.05) is 0 Å². The summed E-state index contributed by atoms with van der Waals surface area (Å²) >= 11 is 6.47. The van der Waals surface area contributed by atoms with Crippen LogP contribution < -0.4 is 10.9 Å². The largest absolute Gasteiger partial charge is 0.507 e. The molecule has 1 aromatic heterocycles. The lowest BCUT2D eigenvalue weighted by molar-refractivity contribution is -0.144. The molecule has 4 rings (SSSR count). The Bertz CT molecular complexity index is 1820. The summed E-state index contributed by atoms with van der Waals surface area (Å²) in [7, 11) is 0. The first-order chi connectivity index (χ1) is 22.7. The number of pyridine rings is 1. The van der Waals surface area contributed by atoms with Gasteiger partial charge in [0.05, 0.1) is 24.6 Å². The third kappa shape index (κ3) is 8.07. The first-order valence-corrected chi connectivity index (χ1v) is 15.6. The molecule has 1 saturated carbocycles. The molecular weight excluding hydrogens is 652 g/mol. The van der Waals surface area contributed by atoms with Crippen molar-refractivity contribution in [2.45, 2.75) is 64.2 Å². The van der Waals surface area contributed by atoms with E-state index in [-0.39, 0.29) is 34.4 Å². The molecule has 1 amide bonds. The second kappa shape index (κ2) is 15.1. The van der Waals surface area contributed by atoms with Crippen molar-refractivity contribution in [2.75, 3.05) is 6.61 Å². The number of benzene rings is 2. The maximum absolute atomic E-state index is 16.4. The quantitative estimate of drug-likeness (QED) is 0.114. The zero-order valence-electron chi connectivity index (χ0n) is 26.5. The summed E-state index contributed by atoms with van der Waals surface area (Å²) in [6.45, 7) is 8.45. The fraction of sp³-hybridized carbons (Fsp3) is 0.306. The van der Waals surface area contributed by atoms with E-state index in [1.165, 1.54) is 37.3 Å². The minimum absolute atomic E-state index is 0.000672. The lowest BCUT2D eigenvalue weighted by Gasteiger charge is -2.27. The number of esters is 1. The summed E-state index contributed by atoms with van der Waals surface area (Å²) in [6.07, 6.45) is 0.967. The van der Waals surface area contributed by atoms with Gasteiger partial charge in [-0.15, -0.1) is 0 Å². The minimum atomic E-state index is -4.82. The van der Waals surface area contributed by atoms with E-state index >= 15 is 4.39 Å². The molecule has 0 spiro atoms. The molecule has 2 aromatic carbocycles. The Morgan fingerprint density at radius 3 is 2.48 bits per heavy atom. The van der Waals surface area contributed by atoms with Crippen molar-refractivity contribution in [2.24, 2.45) is 0 Å². The topological polar surface area (TPSA) is 97.6 Å². The number of nitrogens with one attached hydrogen (secondary N) is 1. The maximum atomic E-state index is 16.4. The molecule has 2 atom stereocenters. The number of hydrogen-bond acceptors (Lipinski definition) is 5. The Labute approximate surface area is 280 Å². The van der Waals surface area contributed by atoms with Gasteiger partial charge in [0.1, 0.15) is 17.6 Å². The smallest absolute Gasteiger partial charge is 0.416 e. The summed E-state index contributed by atoms with van der Waals surface area (Å²) in [4.78, 5) is 40.2. The molecule has 1 fully saturated rings. The zero-order valence-corrected chi connectivity index (χ0v) is 27.3. The number of aromatic hydroxyl groups is 1. The van der Waals surface area contributed by atoms with Crippen molar-refractivity contribution in [3.63, 3.8) is 0 Å². The van der Waals surface area contributed by atoms with Crippen molar-refractivity contribution >= 4 is 23.5 Å². The highest BCUT2D eigenvalue weighted by Crippen LogP contribution is 2.46. The van der Waals surface area contributed by atoms with E-state index in [0.29, 0.717) is 47.2 Å². The van der Waals surface area contributed by atoms with E-state index in [2.05, 4.69) is 11.9 Å². The summed E-state index contributed by atoms with van der Waals surface area (Å²) < 4.78 is 62.6. The van der Waals surface area contributed by atoms with Crippen LogP contribution in [0.1, 0.15) is 73.4 Å². The predicted octanol–water partition coefficient (Wildman–Crippen LogP) is 8.17. The number of ether oxygens (including phenoxy) is 1. The Balaban J connectivity index is 1.90. The summed E-state index contributed by atoms with van der Waals surface area (Å²) in [5.41, 5.74) is -0.492. The van der Waals surface area contributed by atoms with Crippen LogP contribution in [0.15, 0.2) is 88.9 Å². The van der Waals surface area contributed by atoms with E-state index in [9.17, 15) is 32.7 Å². The third-order valence-electron chi connectivity index (χ3n) is 8.00. The Kier molecular flexibility index (Phi) is 11.4. The van der Waals surface area contributed by atoms with Crippen LogP contribution in [0.2, 0.25) is 0 Å². The number of nitrogens with zero attached hydrogens (tertiary/aromatic N) is 1. The lowest BCUT2D eigenvalue weighted by atomic mass is 9.90. The number of carbonyl (C=O) groups is 2. The van der Waals surface area contributed by atoms with Crippen molar-refractivity contribution in [1.29, 1.82) is 0 Å². The molecule has 254 valence electrons. The number of phenolic OH excluding ortho intramolecular Hbond substituents is 1. The van der Waals surface area contributed by atoms with Crippen molar-refractivity contribution in [1.82, 2.24) is 9.88 Å². The summed E-state index contributed by atoms with van der Waals surface area (Å²) in [5, 5.41) is 13.4. The lowest BCUT2D eigenvalue weighted by Crippen LogP contribution is -2.41. The SMILES string of the molecule is C=C/C=C(Cl)\C(=C/C)C(C(=O)N[C@@H](CC(=O)OCC)c1cc(-c2c(C)cccc2O)cc(C2CC2)c1F)n1ccc(C(F)(F)F)cc1=O. The van der Waals surface area contributed by atoms with Crippen LogP contribution in [-0.4, -0.2) is 28.2 Å². The number of halogens is 5. The highest BCUT2D eigenvalue weighted by molar-refractivity contribution is 6.32. The van der Waals surface area contributed by atoms with Gasteiger partial charge < -0.3 is 15.2 Å². The fourth-order valence-electron chi connectivity index (χ4n) is 5.59. The van der Waals surface area contributed by atoms with Crippen LogP contribution in [0.25, 0.3) is 11.1 Å². The Hall–Kier alpha value is -4.64. The average Bonchev–Trinajstić information content (AvgIpc) is 3.85. The van der Waals surface area contributed by atoms with Gasteiger partial charge in [0.25, 0.3) is 5.56 Å². The van der Waals surface area contributed by atoms with Crippen LogP contribution in [0.4, 0.5) is 17.6 Å². The van der Waals surface area contributed by atoms with E-state index in [0.717, 1.165) is 10.8 Å². The van der Waals surface area contributed by atoms with Gasteiger partial charge >= 0.3 is 12.1 Å². The maximum Gasteiger partial charge on any atom is 0.416 e. The first kappa shape index (κ1) is 36.2. The van der Waals surface area contributed by atoms with Gasteiger partial charge in [0, 0.05) is 28.4 Å². The monoisotopic (exact) mass is 686 g/mol. The molecule has 1 unspecified atom stereocenters. The van der Waals surface area contributed by atoms with Crippen molar-refractivity contribution < 1.29 is 37.0 Å². The molecular formula is C36H35ClF4N2O5.